The van der Waals surface area contributed by atoms with Crippen LogP contribution in [0.5, 0.6) is 0 Å². The predicted molar refractivity (Wildman–Crippen MR) is 125 cm³/mol. The third-order valence-corrected chi connectivity index (χ3v) is 5.92. The first-order valence-corrected chi connectivity index (χ1v) is 11.0. The van der Waals surface area contributed by atoms with Crippen molar-refractivity contribution in [2.75, 3.05) is 0 Å². The Morgan fingerprint density at radius 1 is 1.00 bits per heavy atom. The largest absolute Gasteiger partial charge is 0.463 e. The number of aryl methyl sites for hydroxylation is 2. The van der Waals surface area contributed by atoms with Gasteiger partial charge in [-0.05, 0) is 47.7 Å². The van der Waals surface area contributed by atoms with Gasteiger partial charge >= 0.3 is 0 Å². The van der Waals surface area contributed by atoms with Crippen molar-refractivity contribution in [3.05, 3.63) is 102 Å². The molecule has 1 amide bonds. The SMILES string of the molecule is O=C(NCc1cccnc1)c1cnn(-c2ncc3c(n2)-c2ccccc2CC3)c1-c1ccco1. The molecule has 1 aliphatic rings. The molecule has 0 radical (unpaired) electrons. The summed E-state index contributed by atoms with van der Waals surface area (Å²) in [5.74, 6) is 0.615. The van der Waals surface area contributed by atoms with Crippen molar-refractivity contribution in [1.29, 1.82) is 0 Å². The molecule has 0 unspecified atom stereocenters. The lowest BCUT2D eigenvalue weighted by Crippen LogP contribution is -2.23. The molecule has 34 heavy (non-hydrogen) atoms. The Bertz CT molecular complexity index is 1470. The summed E-state index contributed by atoms with van der Waals surface area (Å²) in [5.41, 5.74) is 6.15. The number of hydrogen-bond acceptors (Lipinski definition) is 6. The van der Waals surface area contributed by atoms with Crippen molar-refractivity contribution in [3.63, 3.8) is 0 Å². The molecule has 0 bridgehead atoms. The Morgan fingerprint density at radius 2 is 1.91 bits per heavy atom. The maximum absolute atomic E-state index is 13.1. The second-order valence-corrected chi connectivity index (χ2v) is 8.04. The van der Waals surface area contributed by atoms with Crippen molar-refractivity contribution >= 4 is 5.91 Å². The summed E-state index contributed by atoms with van der Waals surface area (Å²) in [4.78, 5) is 26.6. The van der Waals surface area contributed by atoms with Crippen LogP contribution in [0.25, 0.3) is 28.7 Å². The van der Waals surface area contributed by atoms with Gasteiger partial charge in [-0.25, -0.2) is 9.97 Å². The number of pyridine rings is 1. The Hall–Kier alpha value is -4.59. The van der Waals surface area contributed by atoms with Gasteiger partial charge in [0.1, 0.15) is 5.69 Å². The van der Waals surface area contributed by atoms with Crippen molar-refractivity contribution in [1.82, 2.24) is 30.0 Å². The maximum Gasteiger partial charge on any atom is 0.255 e. The molecule has 0 spiro atoms. The number of carbonyl (C=O) groups excluding carboxylic acids is 1. The van der Waals surface area contributed by atoms with Crippen LogP contribution in [0.4, 0.5) is 0 Å². The summed E-state index contributed by atoms with van der Waals surface area (Å²) in [6.45, 7) is 0.349. The lowest BCUT2D eigenvalue weighted by atomic mass is 9.90. The van der Waals surface area contributed by atoms with E-state index in [9.17, 15) is 4.79 Å². The molecule has 6 rings (SSSR count). The minimum absolute atomic E-state index is 0.273. The number of benzene rings is 1. The molecule has 0 saturated carbocycles. The van der Waals surface area contributed by atoms with Crippen LogP contribution in [0.1, 0.15) is 27.0 Å². The van der Waals surface area contributed by atoms with Gasteiger partial charge in [-0.3, -0.25) is 9.78 Å². The van der Waals surface area contributed by atoms with E-state index < -0.39 is 0 Å². The Balaban J connectivity index is 1.40. The van der Waals surface area contributed by atoms with Crippen LogP contribution in [-0.4, -0.2) is 30.6 Å². The zero-order valence-corrected chi connectivity index (χ0v) is 18.2. The quantitative estimate of drug-likeness (QED) is 0.436. The topological polar surface area (TPSA) is 98.7 Å². The molecule has 8 nitrogen and oxygen atoms in total. The molecule has 1 N–H and O–H groups in total. The van der Waals surface area contributed by atoms with Gasteiger partial charge in [0, 0.05) is 30.7 Å². The third kappa shape index (κ3) is 3.55. The summed E-state index contributed by atoms with van der Waals surface area (Å²) in [6, 6.07) is 15.6. The van der Waals surface area contributed by atoms with Gasteiger partial charge in [0.25, 0.3) is 11.9 Å². The first kappa shape index (κ1) is 20.0. The van der Waals surface area contributed by atoms with Gasteiger partial charge in [0.05, 0.1) is 23.7 Å². The van der Waals surface area contributed by atoms with E-state index in [-0.39, 0.29) is 5.91 Å². The van der Waals surface area contributed by atoms with Crippen LogP contribution in [-0.2, 0) is 19.4 Å². The number of carbonyl (C=O) groups is 1. The number of hydrogen-bond donors (Lipinski definition) is 1. The van der Waals surface area contributed by atoms with Crippen molar-refractivity contribution in [2.45, 2.75) is 19.4 Å². The number of aromatic nitrogens is 5. The highest BCUT2D eigenvalue weighted by molar-refractivity contribution is 5.99. The normalized spacial score (nSPS) is 12.1. The second-order valence-electron chi connectivity index (χ2n) is 8.04. The zero-order chi connectivity index (χ0) is 22.9. The van der Waals surface area contributed by atoms with E-state index in [1.54, 1.807) is 35.5 Å². The summed E-state index contributed by atoms with van der Waals surface area (Å²) >= 11 is 0. The highest BCUT2D eigenvalue weighted by Crippen LogP contribution is 2.33. The van der Waals surface area contributed by atoms with Crippen LogP contribution in [0.3, 0.4) is 0 Å². The molecule has 0 fully saturated rings. The van der Waals surface area contributed by atoms with Gasteiger partial charge in [-0.1, -0.05) is 30.3 Å². The van der Waals surface area contributed by atoms with E-state index in [2.05, 4.69) is 32.5 Å². The van der Waals surface area contributed by atoms with Gasteiger partial charge < -0.3 is 9.73 Å². The molecular formula is C26H20N6O2. The molecule has 0 aliphatic heterocycles. The number of rotatable bonds is 5. The standard InChI is InChI=1S/C26H20N6O2/c33-25(28-14-17-5-3-11-27-13-17)21-16-30-32(24(21)22-8-4-12-34-22)26-29-15-19-10-9-18-6-1-2-7-20(18)23(19)31-26/h1-8,11-13,15-16H,9-10,14H2,(H,28,33). The molecular weight excluding hydrogens is 428 g/mol. The highest BCUT2D eigenvalue weighted by atomic mass is 16.3. The molecule has 166 valence electrons. The van der Waals surface area contributed by atoms with E-state index in [0.29, 0.717) is 29.5 Å². The van der Waals surface area contributed by atoms with Crippen LogP contribution in [0, 0.1) is 0 Å². The fraction of sp³-hybridized carbons (Fsp3) is 0.115. The van der Waals surface area contributed by atoms with Crippen LogP contribution in [0.2, 0.25) is 0 Å². The van der Waals surface area contributed by atoms with Crippen molar-refractivity contribution in [2.24, 2.45) is 0 Å². The Morgan fingerprint density at radius 3 is 2.76 bits per heavy atom. The van der Waals surface area contributed by atoms with E-state index in [4.69, 9.17) is 9.40 Å². The average molecular weight is 448 g/mol. The fourth-order valence-corrected chi connectivity index (χ4v) is 4.25. The van der Waals surface area contributed by atoms with Crippen LogP contribution < -0.4 is 5.32 Å². The summed E-state index contributed by atoms with van der Waals surface area (Å²) in [7, 11) is 0. The molecule has 1 aromatic carbocycles. The molecule has 1 aliphatic carbocycles. The number of nitrogens with zero attached hydrogens (tertiary/aromatic N) is 5. The molecule has 8 heteroatoms. The number of amides is 1. The summed E-state index contributed by atoms with van der Waals surface area (Å²) < 4.78 is 7.22. The van der Waals surface area contributed by atoms with E-state index >= 15 is 0 Å². The van der Waals surface area contributed by atoms with Crippen molar-refractivity contribution in [3.8, 4) is 28.7 Å². The molecule has 4 aromatic heterocycles. The van der Waals surface area contributed by atoms with Gasteiger partial charge in [-0.15, -0.1) is 0 Å². The molecule has 5 aromatic rings. The average Bonchev–Trinajstić information content (AvgIpc) is 3.57. The summed E-state index contributed by atoms with van der Waals surface area (Å²) in [6.07, 6.45) is 10.2. The van der Waals surface area contributed by atoms with E-state index in [1.807, 2.05) is 30.5 Å². The first-order chi connectivity index (χ1) is 16.8. The Labute approximate surface area is 195 Å². The van der Waals surface area contributed by atoms with Crippen LogP contribution in [0.15, 0.2) is 84.0 Å². The lowest BCUT2D eigenvalue weighted by Gasteiger charge is -2.19. The van der Waals surface area contributed by atoms with E-state index in [0.717, 1.165) is 35.2 Å². The number of nitrogens with one attached hydrogen (secondary N) is 1. The minimum Gasteiger partial charge on any atom is -0.463 e. The first-order valence-electron chi connectivity index (χ1n) is 11.0. The minimum atomic E-state index is -0.273. The highest BCUT2D eigenvalue weighted by Gasteiger charge is 2.25. The molecule has 4 heterocycles. The smallest absolute Gasteiger partial charge is 0.255 e. The molecule has 0 saturated heterocycles. The number of furan rings is 1. The zero-order valence-electron chi connectivity index (χ0n) is 18.2. The van der Waals surface area contributed by atoms with Gasteiger partial charge in [0.2, 0.25) is 0 Å². The third-order valence-electron chi connectivity index (χ3n) is 5.92. The van der Waals surface area contributed by atoms with Gasteiger partial charge in [0.15, 0.2) is 5.76 Å². The lowest BCUT2D eigenvalue weighted by molar-refractivity contribution is 0.0951. The fourth-order valence-electron chi connectivity index (χ4n) is 4.25. The molecule has 0 atom stereocenters. The van der Waals surface area contributed by atoms with Crippen LogP contribution >= 0.6 is 0 Å². The number of fused-ring (bicyclic) bond motifs is 3. The Kier molecular flexibility index (Phi) is 4.95. The second kappa shape index (κ2) is 8.40. The predicted octanol–water partition coefficient (Wildman–Crippen LogP) is 4.01. The van der Waals surface area contributed by atoms with E-state index in [1.165, 1.54) is 11.8 Å². The maximum atomic E-state index is 13.1. The van der Waals surface area contributed by atoms with Crippen molar-refractivity contribution < 1.29 is 9.21 Å². The van der Waals surface area contributed by atoms with Gasteiger partial charge in [-0.2, -0.15) is 9.78 Å². The summed E-state index contributed by atoms with van der Waals surface area (Å²) in [5, 5.41) is 7.41. The monoisotopic (exact) mass is 448 g/mol.